The van der Waals surface area contributed by atoms with Gasteiger partial charge in [0, 0.05) is 11.2 Å². The van der Waals surface area contributed by atoms with Crippen LogP contribution in [0.4, 0.5) is 0 Å². The van der Waals surface area contributed by atoms with E-state index in [9.17, 15) is 10.1 Å². The molecule has 0 aliphatic carbocycles. The summed E-state index contributed by atoms with van der Waals surface area (Å²) in [6, 6.07) is 15.6. The van der Waals surface area contributed by atoms with E-state index in [0.29, 0.717) is 36.3 Å². The Kier molecular flexibility index (Phi) is 6.49. The van der Waals surface area contributed by atoms with Crippen LogP contribution >= 0.6 is 46.1 Å². The minimum atomic E-state index is -0.507. The van der Waals surface area contributed by atoms with Gasteiger partial charge in [0.1, 0.15) is 17.3 Å². The van der Waals surface area contributed by atoms with E-state index in [4.69, 9.17) is 34.8 Å². The lowest BCUT2D eigenvalue weighted by atomic mass is 10.1. The second-order valence-electron chi connectivity index (χ2n) is 6.75. The van der Waals surface area contributed by atoms with Gasteiger partial charge in [-0.3, -0.25) is 9.78 Å². The van der Waals surface area contributed by atoms with Gasteiger partial charge in [0.05, 0.1) is 31.7 Å². The van der Waals surface area contributed by atoms with E-state index in [1.807, 2.05) is 6.07 Å². The monoisotopic (exact) mass is 501 g/mol. The molecule has 6 nitrogen and oxygen atoms in total. The summed E-state index contributed by atoms with van der Waals surface area (Å²) in [5.74, 6) is -0.507. The molecule has 3 heterocycles. The number of pyridine rings is 1. The Morgan fingerprint density at radius 2 is 2.00 bits per heavy atom. The first kappa shape index (κ1) is 22.3. The third kappa shape index (κ3) is 4.36. The maximum atomic E-state index is 13.1. The number of nitrogens with one attached hydrogen (secondary N) is 1. The van der Waals surface area contributed by atoms with Crippen LogP contribution in [0.25, 0.3) is 16.3 Å². The molecule has 0 bridgehead atoms. The van der Waals surface area contributed by atoms with E-state index in [-0.39, 0.29) is 17.3 Å². The van der Waals surface area contributed by atoms with Crippen LogP contribution in [-0.2, 0) is 0 Å². The van der Waals surface area contributed by atoms with Crippen molar-refractivity contribution in [3.8, 4) is 22.3 Å². The lowest BCUT2D eigenvalue weighted by Crippen LogP contribution is -2.28. The van der Waals surface area contributed by atoms with Crippen LogP contribution < -0.4 is 5.32 Å². The summed E-state index contributed by atoms with van der Waals surface area (Å²) < 4.78 is 2.01. The molecule has 0 fully saturated rings. The first-order valence-corrected chi connectivity index (χ1v) is 11.3. The summed E-state index contributed by atoms with van der Waals surface area (Å²) in [4.78, 5) is 18.1. The maximum Gasteiger partial charge on any atom is 0.273 e. The van der Waals surface area contributed by atoms with Crippen molar-refractivity contribution in [2.24, 2.45) is 0 Å². The molecule has 4 aromatic rings. The Morgan fingerprint density at radius 1 is 1.19 bits per heavy atom. The van der Waals surface area contributed by atoms with E-state index >= 15 is 0 Å². The molecule has 0 aliphatic heterocycles. The molecule has 1 amide bonds. The maximum absolute atomic E-state index is 13.1. The van der Waals surface area contributed by atoms with Crippen molar-refractivity contribution >= 4 is 52.0 Å². The number of nitrogens with zero attached hydrogens (tertiary/aromatic N) is 4. The predicted octanol–water partition coefficient (Wildman–Crippen LogP) is 6.32. The van der Waals surface area contributed by atoms with E-state index in [1.165, 1.54) is 16.0 Å². The quantitative estimate of drug-likeness (QED) is 0.346. The number of hydrogen-bond acceptors (Lipinski definition) is 5. The summed E-state index contributed by atoms with van der Waals surface area (Å²) in [6.07, 6.45) is 1.65. The molecule has 3 aromatic heterocycles. The lowest BCUT2D eigenvalue weighted by molar-refractivity contribution is 0.0933. The fourth-order valence-corrected chi connectivity index (χ4v) is 4.72. The van der Waals surface area contributed by atoms with E-state index in [1.54, 1.807) is 55.6 Å². The van der Waals surface area contributed by atoms with Gasteiger partial charge in [-0.1, -0.05) is 40.9 Å². The van der Waals surface area contributed by atoms with Gasteiger partial charge in [-0.25, -0.2) is 4.68 Å². The highest BCUT2D eigenvalue weighted by Crippen LogP contribution is 2.37. The smallest absolute Gasteiger partial charge is 0.273 e. The number of hydrogen-bond donors (Lipinski definition) is 1. The highest BCUT2D eigenvalue weighted by molar-refractivity contribution is 7.19. The number of amides is 1. The van der Waals surface area contributed by atoms with E-state index in [2.05, 4.69) is 21.5 Å². The fraction of sp³-hybridized carbons (Fsp3) is 0.0909. The summed E-state index contributed by atoms with van der Waals surface area (Å²) in [7, 11) is 0. The minimum Gasteiger partial charge on any atom is -0.343 e. The van der Waals surface area contributed by atoms with Crippen molar-refractivity contribution in [3.05, 3.63) is 86.1 Å². The van der Waals surface area contributed by atoms with Crippen molar-refractivity contribution in [1.29, 1.82) is 5.26 Å². The van der Waals surface area contributed by atoms with Gasteiger partial charge < -0.3 is 5.32 Å². The average Bonchev–Trinajstić information content (AvgIpc) is 3.37. The highest BCUT2D eigenvalue weighted by Gasteiger charge is 2.27. The summed E-state index contributed by atoms with van der Waals surface area (Å²) in [6.45, 7) is 1.80. The Bertz CT molecular complexity index is 1340. The zero-order chi connectivity index (χ0) is 22.8. The zero-order valence-corrected chi connectivity index (χ0v) is 19.6. The van der Waals surface area contributed by atoms with Crippen LogP contribution in [0.1, 0.15) is 34.7 Å². The van der Waals surface area contributed by atoms with Gasteiger partial charge in [-0.05, 0) is 49.4 Å². The van der Waals surface area contributed by atoms with Gasteiger partial charge >= 0.3 is 0 Å². The lowest BCUT2D eigenvalue weighted by Gasteiger charge is -2.12. The SMILES string of the molecule is C[C@@H](NC(=O)c1nn(-c2ccc(Cl)cc2Cl)c(-c2ccc(Cl)s2)c1C#N)c1ccccn1. The molecule has 160 valence electrons. The second kappa shape index (κ2) is 9.31. The molecule has 32 heavy (non-hydrogen) atoms. The molecule has 4 rings (SSSR count). The Hall–Kier alpha value is -2.89. The summed E-state index contributed by atoms with van der Waals surface area (Å²) in [5, 5.41) is 18.1. The number of halogens is 3. The third-order valence-corrected chi connectivity index (χ3v) is 6.41. The zero-order valence-electron chi connectivity index (χ0n) is 16.5. The fourth-order valence-electron chi connectivity index (χ4n) is 3.15. The standard InChI is InChI=1S/C22H14Cl3N5OS/c1-12(16-4-2-3-9-27-16)28-22(31)20-14(11-26)21(18-7-8-19(25)32-18)30(29-20)17-6-5-13(23)10-15(17)24/h2-10,12H,1H3,(H,28,31)/t12-/m1/s1. The molecular weight excluding hydrogens is 489 g/mol. The number of rotatable bonds is 5. The molecule has 0 saturated carbocycles. The molecule has 0 saturated heterocycles. The van der Waals surface area contributed by atoms with Crippen molar-refractivity contribution < 1.29 is 4.79 Å². The number of thiophene rings is 1. The molecule has 0 spiro atoms. The van der Waals surface area contributed by atoms with Crippen molar-refractivity contribution in [2.75, 3.05) is 0 Å². The molecule has 0 aliphatic rings. The van der Waals surface area contributed by atoms with Crippen LogP contribution in [0.2, 0.25) is 14.4 Å². The van der Waals surface area contributed by atoms with Gasteiger partial charge in [0.15, 0.2) is 5.69 Å². The normalized spacial score (nSPS) is 11.7. The van der Waals surface area contributed by atoms with E-state index < -0.39 is 5.91 Å². The number of carbonyl (C=O) groups excluding carboxylic acids is 1. The van der Waals surface area contributed by atoms with E-state index in [0.717, 1.165) is 0 Å². The van der Waals surface area contributed by atoms with Crippen LogP contribution in [0.15, 0.2) is 54.7 Å². The molecule has 10 heteroatoms. The molecule has 0 radical (unpaired) electrons. The Balaban J connectivity index is 1.84. The molecular formula is C22H14Cl3N5OS. The first-order chi connectivity index (χ1) is 15.4. The van der Waals surface area contributed by atoms with Crippen LogP contribution in [0.5, 0.6) is 0 Å². The Labute approximate surface area is 203 Å². The van der Waals surface area contributed by atoms with Crippen molar-refractivity contribution in [3.63, 3.8) is 0 Å². The van der Waals surface area contributed by atoms with Crippen molar-refractivity contribution in [1.82, 2.24) is 20.1 Å². The van der Waals surface area contributed by atoms with Gasteiger partial charge in [-0.15, -0.1) is 11.3 Å². The molecule has 1 aromatic carbocycles. The van der Waals surface area contributed by atoms with Crippen LogP contribution in [0.3, 0.4) is 0 Å². The first-order valence-electron chi connectivity index (χ1n) is 9.35. The molecule has 1 atom stereocenters. The highest BCUT2D eigenvalue weighted by atomic mass is 35.5. The van der Waals surface area contributed by atoms with Gasteiger partial charge in [-0.2, -0.15) is 10.4 Å². The summed E-state index contributed by atoms with van der Waals surface area (Å²) in [5.41, 5.74) is 1.67. The number of nitriles is 1. The molecule has 1 N–H and O–H groups in total. The van der Waals surface area contributed by atoms with Crippen molar-refractivity contribution in [2.45, 2.75) is 13.0 Å². The third-order valence-electron chi connectivity index (χ3n) is 4.64. The Morgan fingerprint density at radius 3 is 2.62 bits per heavy atom. The second-order valence-corrected chi connectivity index (χ2v) is 9.30. The predicted molar refractivity (Wildman–Crippen MR) is 127 cm³/mol. The number of benzene rings is 1. The number of carbonyl (C=O) groups is 1. The van der Waals surface area contributed by atoms with Gasteiger partial charge in [0.2, 0.25) is 0 Å². The number of aromatic nitrogens is 3. The largest absolute Gasteiger partial charge is 0.343 e. The van der Waals surface area contributed by atoms with Crippen LogP contribution in [-0.4, -0.2) is 20.7 Å². The molecule has 0 unspecified atom stereocenters. The average molecular weight is 503 g/mol. The topological polar surface area (TPSA) is 83.6 Å². The summed E-state index contributed by atoms with van der Waals surface area (Å²) >= 11 is 19.9. The minimum absolute atomic E-state index is 0.0270. The van der Waals surface area contributed by atoms with Gasteiger partial charge in [0.25, 0.3) is 5.91 Å². The van der Waals surface area contributed by atoms with Crippen LogP contribution in [0, 0.1) is 11.3 Å².